The van der Waals surface area contributed by atoms with Crippen LogP contribution in [0.1, 0.15) is 12.5 Å². The molecule has 0 aliphatic rings. The van der Waals surface area contributed by atoms with E-state index in [1.165, 1.54) is 12.1 Å². The monoisotopic (exact) mass is 240 g/mol. The van der Waals surface area contributed by atoms with Gasteiger partial charge >= 0.3 is 0 Å². The van der Waals surface area contributed by atoms with Crippen LogP contribution in [0.2, 0.25) is 0 Å². The molecule has 0 aromatic heterocycles. The Labute approximate surface area is 97.8 Å². The highest BCUT2D eigenvalue weighted by atomic mass is 35.5. The van der Waals surface area contributed by atoms with Gasteiger partial charge in [-0.3, -0.25) is 4.79 Å². The van der Waals surface area contributed by atoms with Gasteiger partial charge in [0.05, 0.1) is 11.3 Å². The van der Waals surface area contributed by atoms with Crippen molar-refractivity contribution in [2.45, 2.75) is 6.92 Å². The van der Waals surface area contributed by atoms with Crippen molar-refractivity contribution in [1.82, 2.24) is 0 Å². The van der Waals surface area contributed by atoms with Gasteiger partial charge in [-0.05, 0) is 18.2 Å². The number of benzene rings is 1. The molecule has 1 rings (SSSR count). The number of halogens is 2. The maximum atomic E-state index is 12.8. The molecular formula is C11H10ClFN2O. The molecule has 5 heteroatoms. The third kappa shape index (κ3) is 2.94. The van der Waals surface area contributed by atoms with Gasteiger partial charge in [0.1, 0.15) is 11.9 Å². The lowest BCUT2D eigenvalue weighted by Gasteiger charge is -2.10. The lowest BCUT2D eigenvalue weighted by atomic mass is 10.1. The van der Waals surface area contributed by atoms with E-state index in [2.05, 4.69) is 5.32 Å². The van der Waals surface area contributed by atoms with E-state index in [9.17, 15) is 9.18 Å². The Morgan fingerprint density at radius 2 is 2.38 bits per heavy atom. The second-order valence-electron chi connectivity index (χ2n) is 3.35. The summed E-state index contributed by atoms with van der Waals surface area (Å²) in [5, 5.41) is 11.3. The number of carbonyl (C=O) groups excluding carboxylic acids is 1. The molecule has 0 fully saturated rings. The highest BCUT2D eigenvalue weighted by Crippen LogP contribution is 2.17. The van der Waals surface area contributed by atoms with Gasteiger partial charge in [0.2, 0.25) is 5.91 Å². The molecule has 0 radical (unpaired) electrons. The highest BCUT2D eigenvalue weighted by molar-refractivity contribution is 6.19. The van der Waals surface area contributed by atoms with Crippen molar-refractivity contribution in [3.8, 4) is 6.07 Å². The molecule has 1 unspecified atom stereocenters. The molecule has 0 aliphatic heterocycles. The first-order valence-corrected chi connectivity index (χ1v) is 5.18. The number of rotatable bonds is 3. The number of anilines is 1. The average Bonchev–Trinajstić information content (AvgIpc) is 2.30. The number of alkyl halides is 1. The van der Waals surface area contributed by atoms with Crippen molar-refractivity contribution in [1.29, 1.82) is 5.26 Å². The van der Waals surface area contributed by atoms with Gasteiger partial charge in [-0.15, -0.1) is 11.6 Å². The van der Waals surface area contributed by atoms with E-state index < -0.39 is 5.82 Å². The molecule has 1 N–H and O–H groups in total. The van der Waals surface area contributed by atoms with Crippen LogP contribution in [0.5, 0.6) is 0 Å². The van der Waals surface area contributed by atoms with Crippen molar-refractivity contribution in [2.75, 3.05) is 11.2 Å². The number of nitrogens with one attached hydrogen (secondary N) is 1. The van der Waals surface area contributed by atoms with Crippen molar-refractivity contribution in [2.24, 2.45) is 5.92 Å². The second kappa shape index (κ2) is 5.47. The number of hydrogen-bond donors (Lipinski definition) is 1. The Morgan fingerprint density at radius 1 is 1.69 bits per heavy atom. The van der Waals surface area contributed by atoms with Crippen LogP contribution in [0.3, 0.4) is 0 Å². The SMILES string of the molecule is CC(CCl)C(=O)Nc1ccc(F)cc1C#N. The van der Waals surface area contributed by atoms with E-state index in [1.54, 1.807) is 6.92 Å². The van der Waals surface area contributed by atoms with Crippen LogP contribution in [0.15, 0.2) is 18.2 Å². The molecule has 0 bridgehead atoms. The molecule has 84 valence electrons. The van der Waals surface area contributed by atoms with E-state index in [-0.39, 0.29) is 23.3 Å². The Balaban J connectivity index is 2.90. The van der Waals surface area contributed by atoms with Crippen molar-refractivity contribution in [3.05, 3.63) is 29.6 Å². The van der Waals surface area contributed by atoms with Crippen LogP contribution in [-0.4, -0.2) is 11.8 Å². The normalized spacial score (nSPS) is 11.6. The standard InChI is InChI=1S/C11H10ClFN2O/c1-7(5-12)11(16)15-10-3-2-9(13)4-8(10)6-14/h2-4,7H,5H2,1H3,(H,15,16). The van der Waals surface area contributed by atoms with Gasteiger partial charge in [-0.2, -0.15) is 5.26 Å². The maximum Gasteiger partial charge on any atom is 0.228 e. The first-order valence-electron chi connectivity index (χ1n) is 4.65. The Morgan fingerprint density at radius 3 is 2.94 bits per heavy atom. The predicted molar refractivity (Wildman–Crippen MR) is 59.6 cm³/mol. The van der Waals surface area contributed by atoms with E-state index in [4.69, 9.17) is 16.9 Å². The smallest absolute Gasteiger partial charge is 0.228 e. The van der Waals surface area contributed by atoms with Gasteiger partial charge in [0, 0.05) is 11.8 Å². The molecule has 0 saturated carbocycles. The fourth-order valence-corrected chi connectivity index (χ4v) is 1.18. The molecule has 0 heterocycles. The zero-order chi connectivity index (χ0) is 12.1. The molecule has 16 heavy (non-hydrogen) atoms. The molecule has 0 aliphatic carbocycles. The Kier molecular flexibility index (Phi) is 4.27. The summed E-state index contributed by atoms with van der Waals surface area (Å²) in [6.45, 7) is 1.66. The highest BCUT2D eigenvalue weighted by Gasteiger charge is 2.13. The van der Waals surface area contributed by atoms with E-state index in [0.29, 0.717) is 5.69 Å². The van der Waals surface area contributed by atoms with E-state index in [1.807, 2.05) is 6.07 Å². The lowest BCUT2D eigenvalue weighted by Crippen LogP contribution is -2.21. The summed E-state index contributed by atoms with van der Waals surface area (Å²) in [4.78, 5) is 11.5. The number of hydrogen-bond acceptors (Lipinski definition) is 2. The molecule has 1 atom stereocenters. The summed E-state index contributed by atoms with van der Waals surface area (Å²) in [6.07, 6.45) is 0. The number of amides is 1. The zero-order valence-electron chi connectivity index (χ0n) is 8.63. The second-order valence-corrected chi connectivity index (χ2v) is 3.65. The summed E-state index contributed by atoms with van der Waals surface area (Å²) in [5.41, 5.74) is 0.390. The van der Waals surface area contributed by atoms with Gasteiger partial charge < -0.3 is 5.32 Å². The maximum absolute atomic E-state index is 12.8. The number of nitrogens with zero attached hydrogens (tertiary/aromatic N) is 1. The van der Waals surface area contributed by atoms with Gasteiger partial charge in [0.15, 0.2) is 0 Å². The van der Waals surface area contributed by atoms with Gasteiger partial charge in [-0.25, -0.2) is 4.39 Å². The molecule has 1 aromatic rings. The summed E-state index contributed by atoms with van der Waals surface area (Å²) >= 11 is 5.53. The summed E-state index contributed by atoms with van der Waals surface area (Å²) < 4.78 is 12.8. The minimum atomic E-state index is -0.514. The van der Waals surface area contributed by atoms with E-state index in [0.717, 1.165) is 6.07 Å². The average molecular weight is 241 g/mol. The van der Waals surface area contributed by atoms with Crippen molar-refractivity contribution >= 4 is 23.2 Å². The number of nitriles is 1. The first kappa shape index (κ1) is 12.5. The third-order valence-electron chi connectivity index (χ3n) is 2.04. The summed E-state index contributed by atoms with van der Waals surface area (Å²) in [5.74, 6) is -0.981. The fourth-order valence-electron chi connectivity index (χ4n) is 1.04. The zero-order valence-corrected chi connectivity index (χ0v) is 9.38. The van der Waals surface area contributed by atoms with E-state index >= 15 is 0 Å². The van der Waals surface area contributed by atoms with Crippen LogP contribution >= 0.6 is 11.6 Å². The number of carbonyl (C=O) groups is 1. The largest absolute Gasteiger partial charge is 0.325 e. The van der Waals surface area contributed by atoms with Crippen LogP contribution in [-0.2, 0) is 4.79 Å². The predicted octanol–water partition coefficient (Wildman–Crippen LogP) is 2.51. The van der Waals surface area contributed by atoms with Crippen LogP contribution in [0.25, 0.3) is 0 Å². The third-order valence-corrected chi connectivity index (χ3v) is 2.50. The van der Waals surface area contributed by atoms with Crippen molar-refractivity contribution in [3.63, 3.8) is 0 Å². The lowest BCUT2D eigenvalue weighted by molar-refractivity contribution is -0.118. The first-order chi connectivity index (χ1) is 7.58. The van der Waals surface area contributed by atoms with Gasteiger partial charge in [0.25, 0.3) is 0 Å². The Hall–Kier alpha value is -1.60. The summed E-state index contributed by atoms with van der Waals surface area (Å²) in [7, 11) is 0. The molecule has 0 saturated heterocycles. The Bertz CT molecular complexity index is 442. The molecule has 1 aromatic carbocycles. The van der Waals surface area contributed by atoms with Crippen LogP contribution in [0.4, 0.5) is 10.1 Å². The van der Waals surface area contributed by atoms with Crippen LogP contribution < -0.4 is 5.32 Å². The quantitative estimate of drug-likeness (QED) is 0.826. The van der Waals surface area contributed by atoms with Crippen LogP contribution in [0, 0.1) is 23.1 Å². The molecule has 1 amide bonds. The summed E-state index contributed by atoms with van der Waals surface area (Å²) in [6, 6.07) is 5.42. The molecule has 0 spiro atoms. The molecule has 3 nitrogen and oxygen atoms in total. The van der Waals surface area contributed by atoms with Crippen molar-refractivity contribution < 1.29 is 9.18 Å². The minimum Gasteiger partial charge on any atom is -0.325 e. The fraction of sp³-hybridized carbons (Fsp3) is 0.273. The minimum absolute atomic E-state index is 0.0927. The van der Waals surface area contributed by atoms with Gasteiger partial charge in [-0.1, -0.05) is 6.92 Å². The molecular weight excluding hydrogens is 231 g/mol. The topological polar surface area (TPSA) is 52.9 Å².